The molecule has 1 fully saturated rings. The maximum Gasteiger partial charge on any atom is 0.00149 e. The molecule has 0 spiro atoms. The van der Waals surface area contributed by atoms with Crippen LogP contribution in [0, 0.1) is 32.4 Å². The second-order valence-corrected chi connectivity index (χ2v) is 5.73. The van der Waals surface area contributed by atoms with Gasteiger partial charge in [-0.1, -0.05) is 19.8 Å². The molecule has 0 aliphatic carbocycles. The van der Waals surface area contributed by atoms with Crippen molar-refractivity contribution in [3.63, 3.8) is 0 Å². The monoisotopic (exact) mass is 494 g/mol. The van der Waals surface area contributed by atoms with Crippen LogP contribution in [-0.4, -0.2) is 16.1 Å². The second-order valence-electron chi connectivity index (χ2n) is 5.73. The van der Waals surface area contributed by atoms with Gasteiger partial charge in [-0.3, -0.25) is 0 Å². The fourth-order valence-corrected chi connectivity index (χ4v) is 2.84. The van der Waals surface area contributed by atoms with Crippen molar-refractivity contribution in [2.24, 2.45) is 5.92 Å². The van der Waals surface area contributed by atoms with Gasteiger partial charge in [-0.05, 0) is 27.7 Å². The number of nitrogens with zero attached hydrogens (tertiary/aromatic N) is 1. The van der Waals surface area contributed by atoms with Crippen LogP contribution in [0.1, 0.15) is 53.9 Å². The van der Waals surface area contributed by atoms with Crippen molar-refractivity contribution in [3.8, 4) is 0 Å². The molecule has 1 heterocycles. The minimum atomic E-state index is -0.210. The van der Waals surface area contributed by atoms with Gasteiger partial charge in [-0.25, -0.2) is 0 Å². The third kappa shape index (κ3) is 9.85. The second kappa shape index (κ2) is 13.7. The normalized spacial score (nSPS) is 20.5. The molecule has 1 saturated heterocycles. The molecule has 0 aromatic rings. The Labute approximate surface area is 197 Å². The van der Waals surface area contributed by atoms with Gasteiger partial charge in [-0.2, -0.15) is 12.3 Å². The Hall–Kier alpha value is 3.23. The summed E-state index contributed by atoms with van der Waals surface area (Å²) in [5.74, 6) is 0.607. The maximum atomic E-state index is 12.0. The van der Waals surface area contributed by atoms with Crippen molar-refractivity contribution < 1.29 is 98.1 Å². The molecule has 3 radical (unpaired) electrons. The Bertz CT molecular complexity index is 193. The first-order valence-corrected chi connectivity index (χ1v) is 5.60. The van der Waals surface area contributed by atoms with Crippen molar-refractivity contribution >= 4 is 0 Å². The Morgan fingerprint density at radius 3 is 1.58 bits per heavy atom. The van der Waals surface area contributed by atoms with Gasteiger partial charge in [0, 0.05) is 109 Å². The van der Waals surface area contributed by atoms with E-state index in [0.717, 1.165) is 19.3 Å². The van der Waals surface area contributed by atoms with Gasteiger partial charge >= 0.3 is 0 Å². The summed E-state index contributed by atoms with van der Waals surface area (Å²) < 4.78 is 0. The van der Waals surface area contributed by atoms with E-state index in [1.807, 2.05) is 0 Å². The molecular weight excluding hydrogens is 465 g/mol. The Morgan fingerprint density at radius 2 is 1.32 bits per heavy atom. The van der Waals surface area contributed by atoms with E-state index in [4.69, 9.17) is 0 Å². The molecule has 0 bridgehead atoms. The molecule has 2 nitrogen and oxygen atoms in total. The van der Waals surface area contributed by atoms with Crippen LogP contribution in [0.4, 0.5) is 0 Å². The largest absolute Gasteiger partial charge is 0.784 e. The van der Waals surface area contributed by atoms with Crippen LogP contribution in [0.2, 0.25) is 0 Å². The molecule has 109 valence electrons. The maximum absolute atomic E-state index is 12.0. The van der Waals surface area contributed by atoms with Crippen LogP contribution in [0.5, 0.6) is 0 Å². The summed E-state index contributed by atoms with van der Waals surface area (Å²) >= 11 is 0. The van der Waals surface area contributed by atoms with Crippen molar-refractivity contribution in [1.82, 2.24) is 5.06 Å². The summed E-state index contributed by atoms with van der Waals surface area (Å²) in [6, 6.07) is 0. The fourth-order valence-electron chi connectivity index (χ4n) is 2.84. The van der Waals surface area contributed by atoms with E-state index in [0.29, 0.717) is 5.92 Å². The average molecular weight is 494 g/mol. The minimum absolute atomic E-state index is 0. The van der Waals surface area contributed by atoms with Gasteiger partial charge in [0.25, 0.3) is 0 Å². The molecule has 1 aliphatic rings. The zero-order chi connectivity index (χ0) is 11.0. The SMILES string of the molecule is CC[CH-]C1CC(C)(C)N([O-])C(C)(C)C1.[CH3-].[CH3-].[Y].[Y].[Y]. The standard InChI is InChI=1S/C12H23NO.2CH3.3Y/c1-6-7-10-8-11(2,3)13(14)12(4,5)9-10;;;;;/h7,10H,6,8-9H2,1-5H3;2*1H3;;;/q-2;2*-1;;;. The zero-order valence-corrected chi connectivity index (χ0v) is 22.4. The quantitative estimate of drug-likeness (QED) is 0.537. The minimum Gasteiger partial charge on any atom is -0.784 e. The Morgan fingerprint density at radius 1 is 1.00 bits per heavy atom. The molecule has 5 heteroatoms. The number of hydroxylamine groups is 2. The smallest absolute Gasteiger partial charge is 0.00149 e. The molecule has 0 N–H and O–H groups in total. The first-order valence-electron chi connectivity index (χ1n) is 5.60. The number of rotatable bonds is 2. The third-order valence-electron chi connectivity index (χ3n) is 3.19. The molecule has 0 unspecified atom stereocenters. The fraction of sp³-hybridized carbons (Fsp3) is 0.786. The Kier molecular flexibility index (Phi) is 24.2. The predicted molar refractivity (Wildman–Crippen MR) is 73.5 cm³/mol. The van der Waals surface area contributed by atoms with Gasteiger partial charge in [0.2, 0.25) is 0 Å². The number of piperidine rings is 1. The van der Waals surface area contributed by atoms with E-state index in [-0.39, 0.29) is 124 Å². The molecule has 1 aliphatic heterocycles. The van der Waals surface area contributed by atoms with E-state index in [1.165, 1.54) is 5.06 Å². The summed E-state index contributed by atoms with van der Waals surface area (Å²) in [7, 11) is 0. The van der Waals surface area contributed by atoms with Crippen LogP contribution >= 0.6 is 0 Å². The number of hydrogen-bond acceptors (Lipinski definition) is 2. The zero-order valence-electron chi connectivity index (χ0n) is 13.9. The molecule has 0 aromatic heterocycles. The molecule has 0 atom stereocenters. The van der Waals surface area contributed by atoms with E-state index >= 15 is 0 Å². The van der Waals surface area contributed by atoms with Crippen molar-refractivity contribution in [2.45, 2.75) is 65.0 Å². The van der Waals surface area contributed by atoms with Gasteiger partial charge in [0.1, 0.15) is 0 Å². The van der Waals surface area contributed by atoms with Gasteiger partial charge in [0.15, 0.2) is 0 Å². The van der Waals surface area contributed by atoms with Crippen LogP contribution in [-0.2, 0) is 98.1 Å². The van der Waals surface area contributed by atoms with Gasteiger partial charge in [0.05, 0.1) is 0 Å². The topological polar surface area (TPSA) is 26.3 Å². The van der Waals surface area contributed by atoms with E-state index < -0.39 is 0 Å². The van der Waals surface area contributed by atoms with Crippen LogP contribution in [0.15, 0.2) is 0 Å². The van der Waals surface area contributed by atoms with Crippen LogP contribution in [0.25, 0.3) is 0 Å². The Balaban J connectivity index is -0.000000131. The van der Waals surface area contributed by atoms with Crippen molar-refractivity contribution in [1.29, 1.82) is 0 Å². The average Bonchev–Trinajstić information content (AvgIpc) is 1.99. The van der Waals surface area contributed by atoms with Crippen LogP contribution < -0.4 is 0 Å². The van der Waals surface area contributed by atoms with E-state index in [2.05, 4.69) is 41.0 Å². The van der Waals surface area contributed by atoms with E-state index in [9.17, 15) is 5.21 Å². The summed E-state index contributed by atoms with van der Waals surface area (Å²) in [5.41, 5.74) is -0.420. The first kappa shape index (κ1) is 33.8. The summed E-state index contributed by atoms with van der Waals surface area (Å²) in [6.07, 6.45) is 5.45. The summed E-state index contributed by atoms with van der Waals surface area (Å²) in [5, 5.41) is 13.3. The summed E-state index contributed by atoms with van der Waals surface area (Å²) in [4.78, 5) is 0. The third-order valence-corrected chi connectivity index (χ3v) is 3.19. The summed E-state index contributed by atoms with van der Waals surface area (Å²) in [6.45, 7) is 10.4. The molecule has 0 saturated carbocycles. The van der Waals surface area contributed by atoms with Crippen molar-refractivity contribution in [3.05, 3.63) is 26.5 Å². The van der Waals surface area contributed by atoms with E-state index in [1.54, 1.807) is 0 Å². The predicted octanol–water partition coefficient (Wildman–Crippen LogP) is 4.26. The molecule has 0 aromatic carbocycles. The van der Waals surface area contributed by atoms with Gasteiger partial charge < -0.3 is 31.5 Å². The molecule has 0 amide bonds. The van der Waals surface area contributed by atoms with Crippen LogP contribution in [0.3, 0.4) is 0 Å². The van der Waals surface area contributed by atoms with Gasteiger partial charge in [-0.15, -0.1) is 0 Å². The molecular formula is C14H29NOY3-4. The molecule has 1 rings (SSSR count). The number of hydrogen-bond donors (Lipinski definition) is 0. The molecule has 19 heavy (non-hydrogen) atoms. The van der Waals surface area contributed by atoms with Crippen molar-refractivity contribution in [2.75, 3.05) is 0 Å². The first-order chi connectivity index (χ1) is 6.29.